The van der Waals surface area contributed by atoms with E-state index in [2.05, 4.69) is 4.98 Å². The van der Waals surface area contributed by atoms with Crippen molar-refractivity contribution in [3.8, 4) is 0 Å². The second-order valence-corrected chi connectivity index (χ2v) is 5.01. The second-order valence-electron chi connectivity index (χ2n) is 3.57. The summed E-state index contributed by atoms with van der Waals surface area (Å²) in [6, 6.07) is 1.12. The summed E-state index contributed by atoms with van der Waals surface area (Å²) in [5.74, 6) is -1.05. The molecule has 0 saturated carbocycles. The number of carbonyl (C=O) groups excluding carboxylic acids is 1. The van der Waals surface area contributed by atoms with Gasteiger partial charge in [-0.25, -0.2) is 14.2 Å². The maximum atomic E-state index is 13.4. The summed E-state index contributed by atoms with van der Waals surface area (Å²) >= 11 is 7.05. The van der Waals surface area contributed by atoms with Crippen molar-refractivity contribution < 1.29 is 13.9 Å². The van der Waals surface area contributed by atoms with Gasteiger partial charge in [-0.1, -0.05) is 11.6 Å². The Morgan fingerprint density at radius 1 is 1.68 bits per heavy atom. The third kappa shape index (κ3) is 2.85. The minimum atomic E-state index is -0.581. The second kappa shape index (κ2) is 5.54. The predicted octanol–water partition coefficient (Wildman–Crippen LogP) is 3.25. The van der Waals surface area contributed by atoms with E-state index in [0.717, 1.165) is 17.4 Å². The van der Waals surface area contributed by atoms with Crippen LogP contribution in [0.4, 0.5) is 10.1 Å². The van der Waals surface area contributed by atoms with Crippen molar-refractivity contribution in [1.29, 1.82) is 0 Å². The fraction of sp³-hybridized carbons (Fsp3) is 0.167. The molecule has 0 unspecified atom stereocenters. The minimum absolute atomic E-state index is 0.00712. The third-order valence-electron chi connectivity index (χ3n) is 2.27. The molecule has 2 rings (SSSR count). The summed E-state index contributed by atoms with van der Waals surface area (Å²) in [7, 11) is 0. The van der Waals surface area contributed by atoms with Crippen LogP contribution in [0.2, 0.25) is 5.02 Å². The van der Waals surface area contributed by atoms with Gasteiger partial charge in [0.25, 0.3) is 0 Å². The van der Waals surface area contributed by atoms with Gasteiger partial charge in [-0.15, -0.1) is 11.3 Å². The lowest BCUT2D eigenvalue weighted by Gasteiger charge is -1.98. The Labute approximate surface area is 117 Å². The number of esters is 1. The van der Waals surface area contributed by atoms with Crippen LogP contribution < -0.4 is 5.73 Å². The normalized spacial score (nSPS) is 11.3. The monoisotopic (exact) mass is 300 g/mol. The van der Waals surface area contributed by atoms with Crippen molar-refractivity contribution in [2.24, 2.45) is 0 Å². The summed E-state index contributed by atoms with van der Waals surface area (Å²) in [5, 5.41) is 0.691. The Kier molecular flexibility index (Phi) is 4.01. The number of nitrogens with two attached hydrogens (primary N) is 1. The van der Waals surface area contributed by atoms with E-state index in [1.165, 1.54) is 12.2 Å². The molecule has 0 aliphatic rings. The Morgan fingerprint density at radius 2 is 2.42 bits per heavy atom. The third-order valence-corrected chi connectivity index (χ3v) is 3.62. The largest absolute Gasteiger partial charge is 0.463 e. The molecule has 2 aromatic rings. The molecule has 0 bridgehead atoms. The van der Waals surface area contributed by atoms with Crippen LogP contribution in [0.3, 0.4) is 0 Å². The predicted molar refractivity (Wildman–Crippen MR) is 74.7 cm³/mol. The number of thiazole rings is 1. The van der Waals surface area contributed by atoms with E-state index < -0.39 is 11.8 Å². The van der Waals surface area contributed by atoms with Crippen molar-refractivity contribution >= 4 is 50.9 Å². The van der Waals surface area contributed by atoms with Gasteiger partial charge >= 0.3 is 5.97 Å². The number of rotatable bonds is 3. The molecule has 0 spiro atoms. The maximum absolute atomic E-state index is 13.4. The summed E-state index contributed by atoms with van der Waals surface area (Å²) in [6.07, 6.45) is 2.73. The fourth-order valence-corrected chi connectivity index (χ4v) is 2.68. The van der Waals surface area contributed by atoms with Crippen LogP contribution in [0.1, 0.15) is 11.9 Å². The lowest BCUT2D eigenvalue weighted by Crippen LogP contribution is -1.98. The number of carbonyl (C=O) groups is 1. The average molecular weight is 301 g/mol. The number of anilines is 1. The first-order chi connectivity index (χ1) is 9.02. The molecule has 0 amide bonds. The molecule has 100 valence electrons. The van der Waals surface area contributed by atoms with E-state index in [0.29, 0.717) is 21.8 Å². The first kappa shape index (κ1) is 13.8. The van der Waals surface area contributed by atoms with Gasteiger partial charge in [-0.05, 0) is 19.1 Å². The number of nitrogen functional groups attached to an aromatic ring is 1. The molecule has 0 aliphatic heterocycles. The van der Waals surface area contributed by atoms with Crippen LogP contribution in [-0.2, 0) is 9.53 Å². The quantitative estimate of drug-likeness (QED) is 0.537. The number of ether oxygens (including phenoxy) is 1. The van der Waals surface area contributed by atoms with Crippen LogP contribution in [0, 0.1) is 5.82 Å². The topological polar surface area (TPSA) is 65.2 Å². The first-order valence-corrected chi connectivity index (χ1v) is 6.61. The standard InChI is InChI=1S/C12H10ClFN2O2S/c1-2-18-9(17)4-3-8-16-11-6(13)5-7(14)10(15)12(11)19-8/h3-5H,2,15H2,1H3. The highest BCUT2D eigenvalue weighted by atomic mass is 35.5. The highest BCUT2D eigenvalue weighted by Gasteiger charge is 2.13. The van der Waals surface area contributed by atoms with Crippen molar-refractivity contribution in [2.45, 2.75) is 6.92 Å². The maximum Gasteiger partial charge on any atom is 0.330 e. The number of hydrogen-bond donors (Lipinski definition) is 1. The molecule has 0 atom stereocenters. The molecule has 1 heterocycles. The van der Waals surface area contributed by atoms with Gasteiger partial charge in [0, 0.05) is 6.08 Å². The Hall–Kier alpha value is -1.66. The molecule has 4 nitrogen and oxygen atoms in total. The van der Waals surface area contributed by atoms with Crippen LogP contribution in [-0.4, -0.2) is 17.6 Å². The molecule has 0 aliphatic carbocycles. The minimum Gasteiger partial charge on any atom is -0.463 e. The van der Waals surface area contributed by atoms with Crippen LogP contribution in [0.25, 0.3) is 16.3 Å². The first-order valence-electron chi connectivity index (χ1n) is 5.41. The summed E-state index contributed by atoms with van der Waals surface area (Å²) < 4.78 is 18.6. The Morgan fingerprint density at radius 3 is 3.11 bits per heavy atom. The SMILES string of the molecule is CCOC(=O)C=Cc1nc2c(Cl)cc(F)c(N)c2s1. The molecular weight excluding hydrogens is 291 g/mol. The van der Waals surface area contributed by atoms with Gasteiger partial charge in [0.15, 0.2) is 0 Å². The van der Waals surface area contributed by atoms with Crippen LogP contribution in [0.15, 0.2) is 12.1 Å². The molecule has 0 saturated heterocycles. The molecule has 0 fully saturated rings. The van der Waals surface area contributed by atoms with Gasteiger partial charge in [0.1, 0.15) is 16.3 Å². The van der Waals surface area contributed by atoms with Gasteiger partial charge in [-0.3, -0.25) is 0 Å². The van der Waals surface area contributed by atoms with Crippen molar-refractivity contribution in [3.05, 3.63) is 28.0 Å². The van der Waals surface area contributed by atoms with Crippen molar-refractivity contribution in [2.75, 3.05) is 12.3 Å². The van der Waals surface area contributed by atoms with E-state index in [-0.39, 0.29) is 10.7 Å². The molecule has 1 aromatic carbocycles. The Balaban J connectivity index is 2.40. The number of benzene rings is 1. The van der Waals surface area contributed by atoms with Crippen molar-refractivity contribution in [1.82, 2.24) is 4.98 Å². The molecule has 1 aromatic heterocycles. The summed E-state index contributed by atoms with van der Waals surface area (Å²) in [4.78, 5) is 15.4. The Bertz CT molecular complexity index is 669. The number of hydrogen-bond acceptors (Lipinski definition) is 5. The van der Waals surface area contributed by atoms with Crippen molar-refractivity contribution in [3.63, 3.8) is 0 Å². The smallest absolute Gasteiger partial charge is 0.330 e. The zero-order chi connectivity index (χ0) is 14.0. The summed E-state index contributed by atoms with van der Waals surface area (Å²) in [6.45, 7) is 2.01. The highest BCUT2D eigenvalue weighted by molar-refractivity contribution is 7.20. The van der Waals surface area contributed by atoms with Crippen LogP contribution in [0.5, 0.6) is 0 Å². The fourth-order valence-electron chi connectivity index (χ4n) is 1.45. The molecule has 19 heavy (non-hydrogen) atoms. The van der Waals surface area contributed by atoms with Gasteiger partial charge in [0.05, 0.1) is 22.0 Å². The zero-order valence-corrected chi connectivity index (χ0v) is 11.5. The van der Waals surface area contributed by atoms with Gasteiger partial charge in [-0.2, -0.15) is 0 Å². The van der Waals surface area contributed by atoms with Gasteiger partial charge < -0.3 is 10.5 Å². The highest BCUT2D eigenvalue weighted by Crippen LogP contribution is 2.35. The lowest BCUT2D eigenvalue weighted by molar-refractivity contribution is -0.137. The number of fused-ring (bicyclic) bond motifs is 1. The van der Waals surface area contributed by atoms with E-state index >= 15 is 0 Å². The van der Waals surface area contributed by atoms with E-state index in [9.17, 15) is 9.18 Å². The number of nitrogens with zero attached hydrogens (tertiary/aromatic N) is 1. The number of aromatic nitrogens is 1. The molecule has 2 N–H and O–H groups in total. The molecule has 7 heteroatoms. The molecular formula is C12H10ClFN2O2S. The van der Waals surface area contributed by atoms with E-state index in [1.54, 1.807) is 6.92 Å². The number of halogens is 2. The summed E-state index contributed by atoms with van der Waals surface area (Å²) in [5.41, 5.74) is 6.06. The van der Waals surface area contributed by atoms with E-state index in [1.807, 2.05) is 0 Å². The lowest BCUT2D eigenvalue weighted by atomic mass is 10.3. The zero-order valence-electron chi connectivity index (χ0n) is 9.94. The molecule has 0 radical (unpaired) electrons. The average Bonchev–Trinajstić information content (AvgIpc) is 2.79. The van der Waals surface area contributed by atoms with Gasteiger partial charge in [0.2, 0.25) is 0 Å². The van der Waals surface area contributed by atoms with Crippen LogP contribution >= 0.6 is 22.9 Å². The van der Waals surface area contributed by atoms with E-state index in [4.69, 9.17) is 22.1 Å².